The molecule has 2 amide bonds. The lowest BCUT2D eigenvalue weighted by atomic mass is 10.1. The molecule has 0 spiro atoms. The SMILES string of the molecule is CC(=O)Nc1ccc(CNC(=O)C(C)C)cc1.[HH].[HH]. The van der Waals surface area contributed by atoms with Crippen molar-refractivity contribution in [2.75, 3.05) is 5.32 Å². The van der Waals surface area contributed by atoms with E-state index in [4.69, 9.17) is 0 Å². The molecule has 1 aromatic rings. The highest BCUT2D eigenvalue weighted by Gasteiger charge is 2.05. The van der Waals surface area contributed by atoms with Crippen molar-refractivity contribution in [1.29, 1.82) is 0 Å². The Bertz CT molecular complexity index is 406. The Kier molecular flexibility index (Phi) is 4.69. The lowest BCUT2D eigenvalue weighted by molar-refractivity contribution is -0.124. The number of anilines is 1. The maximum Gasteiger partial charge on any atom is 0.222 e. The van der Waals surface area contributed by atoms with Gasteiger partial charge in [0, 0.05) is 27.9 Å². The van der Waals surface area contributed by atoms with Crippen LogP contribution in [0.15, 0.2) is 24.3 Å². The maximum absolute atomic E-state index is 11.4. The van der Waals surface area contributed by atoms with Crippen LogP contribution in [0, 0.1) is 5.92 Å². The summed E-state index contributed by atoms with van der Waals surface area (Å²) in [6.07, 6.45) is 0. The number of rotatable bonds is 4. The Labute approximate surface area is 104 Å². The molecule has 1 aromatic carbocycles. The van der Waals surface area contributed by atoms with Crippen molar-refractivity contribution in [3.8, 4) is 0 Å². The molecule has 0 heterocycles. The fourth-order valence-electron chi connectivity index (χ4n) is 1.30. The predicted octanol–water partition coefficient (Wildman–Crippen LogP) is 2.41. The van der Waals surface area contributed by atoms with Crippen LogP contribution in [0.2, 0.25) is 0 Å². The summed E-state index contributed by atoms with van der Waals surface area (Å²) in [5, 5.41) is 5.52. The van der Waals surface area contributed by atoms with Gasteiger partial charge in [-0.2, -0.15) is 0 Å². The molecule has 4 heteroatoms. The van der Waals surface area contributed by atoms with Gasteiger partial charge in [-0.1, -0.05) is 26.0 Å². The Balaban J connectivity index is 0. The van der Waals surface area contributed by atoms with E-state index in [9.17, 15) is 9.59 Å². The van der Waals surface area contributed by atoms with E-state index in [1.54, 1.807) is 0 Å². The third kappa shape index (κ3) is 4.68. The number of nitrogens with one attached hydrogen (secondary N) is 2. The van der Waals surface area contributed by atoms with Crippen molar-refractivity contribution < 1.29 is 12.4 Å². The standard InChI is InChI=1S/C13H18N2O2.2H2/c1-9(2)13(17)14-8-11-4-6-12(7-5-11)15-10(3)16;;/h4-7,9H,8H2,1-3H3,(H,14,17)(H,15,16);2*1H. The van der Waals surface area contributed by atoms with Crippen LogP contribution in [0.25, 0.3) is 0 Å². The van der Waals surface area contributed by atoms with Gasteiger partial charge in [0.1, 0.15) is 0 Å². The van der Waals surface area contributed by atoms with Crippen LogP contribution >= 0.6 is 0 Å². The Morgan fingerprint density at radius 3 is 2.29 bits per heavy atom. The topological polar surface area (TPSA) is 58.2 Å². The molecule has 0 aliphatic rings. The zero-order valence-electron chi connectivity index (χ0n) is 10.4. The molecule has 0 aliphatic heterocycles. The van der Waals surface area contributed by atoms with Crippen molar-refractivity contribution in [3.63, 3.8) is 0 Å². The molecule has 96 valence electrons. The van der Waals surface area contributed by atoms with Crippen LogP contribution < -0.4 is 10.6 Å². The molecule has 17 heavy (non-hydrogen) atoms. The van der Waals surface area contributed by atoms with Crippen molar-refractivity contribution >= 4 is 17.5 Å². The maximum atomic E-state index is 11.4. The van der Waals surface area contributed by atoms with Gasteiger partial charge in [0.2, 0.25) is 11.8 Å². The van der Waals surface area contributed by atoms with Crippen LogP contribution in [0.1, 0.15) is 29.2 Å². The van der Waals surface area contributed by atoms with E-state index in [1.807, 2.05) is 38.1 Å². The van der Waals surface area contributed by atoms with Crippen LogP contribution in [0.5, 0.6) is 0 Å². The smallest absolute Gasteiger partial charge is 0.222 e. The summed E-state index contributed by atoms with van der Waals surface area (Å²) < 4.78 is 0. The van der Waals surface area contributed by atoms with Crippen molar-refractivity contribution in [2.45, 2.75) is 27.3 Å². The Morgan fingerprint density at radius 1 is 1.24 bits per heavy atom. The molecule has 0 bridgehead atoms. The molecule has 0 saturated carbocycles. The first-order valence-corrected chi connectivity index (χ1v) is 5.63. The molecule has 1 rings (SSSR count). The molecule has 0 aliphatic carbocycles. The summed E-state index contributed by atoms with van der Waals surface area (Å²) in [7, 11) is 0. The molecule has 0 fully saturated rings. The van der Waals surface area contributed by atoms with Crippen LogP contribution in [0.3, 0.4) is 0 Å². The molecule has 0 radical (unpaired) electrons. The first-order chi connectivity index (χ1) is 7.99. The molecule has 0 unspecified atom stereocenters. The van der Waals surface area contributed by atoms with Gasteiger partial charge in [-0.15, -0.1) is 0 Å². The van der Waals surface area contributed by atoms with Crippen molar-refractivity contribution in [3.05, 3.63) is 29.8 Å². The van der Waals surface area contributed by atoms with E-state index in [-0.39, 0.29) is 20.6 Å². The minimum Gasteiger partial charge on any atom is -0.352 e. The average Bonchev–Trinajstić information content (AvgIpc) is 2.26. The van der Waals surface area contributed by atoms with Gasteiger partial charge >= 0.3 is 0 Å². The van der Waals surface area contributed by atoms with E-state index in [0.717, 1.165) is 11.3 Å². The Hall–Kier alpha value is -1.84. The zero-order valence-corrected chi connectivity index (χ0v) is 10.4. The predicted molar refractivity (Wildman–Crippen MR) is 71.7 cm³/mol. The van der Waals surface area contributed by atoms with Crippen molar-refractivity contribution in [1.82, 2.24) is 5.32 Å². The summed E-state index contributed by atoms with van der Waals surface area (Å²) >= 11 is 0. The van der Waals surface area contributed by atoms with Gasteiger partial charge < -0.3 is 10.6 Å². The lowest BCUT2D eigenvalue weighted by Gasteiger charge is -2.08. The summed E-state index contributed by atoms with van der Waals surface area (Å²) in [5.74, 6) is -0.0598. The number of amides is 2. The van der Waals surface area contributed by atoms with E-state index >= 15 is 0 Å². The fraction of sp³-hybridized carbons (Fsp3) is 0.385. The minimum atomic E-state index is -0.0918. The number of hydrogen-bond donors (Lipinski definition) is 2. The summed E-state index contributed by atoms with van der Waals surface area (Å²) in [6.45, 7) is 5.69. The molecule has 4 nitrogen and oxygen atoms in total. The fourth-order valence-corrected chi connectivity index (χ4v) is 1.30. The van der Waals surface area contributed by atoms with E-state index in [2.05, 4.69) is 10.6 Å². The summed E-state index contributed by atoms with van der Waals surface area (Å²) in [6, 6.07) is 7.40. The highest BCUT2D eigenvalue weighted by atomic mass is 16.2. The monoisotopic (exact) mass is 238 g/mol. The number of carbonyl (C=O) groups excluding carboxylic acids is 2. The van der Waals surface area contributed by atoms with E-state index in [0.29, 0.717) is 6.54 Å². The largest absolute Gasteiger partial charge is 0.352 e. The zero-order chi connectivity index (χ0) is 12.8. The van der Waals surface area contributed by atoms with Gasteiger partial charge in [-0.05, 0) is 17.7 Å². The third-order valence-electron chi connectivity index (χ3n) is 2.27. The Morgan fingerprint density at radius 2 is 1.82 bits per heavy atom. The highest BCUT2D eigenvalue weighted by Crippen LogP contribution is 2.09. The number of hydrogen-bond acceptors (Lipinski definition) is 2. The van der Waals surface area contributed by atoms with Gasteiger partial charge in [0.15, 0.2) is 0 Å². The van der Waals surface area contributed by atoms with Gasteiger partial charge in [0.05, 0.1) is 0 Å². The lowest BCUT2D eigenvalue weighted by Crippen LogP contribution is -2.27. The molecule has 2 N–H and O–H groups in total. The van der Waals surface area contributed by atoms with Gasteiger partial charge in [0.25, 0.3) is 0 Å². The highest BCUT2D eigenvalue weighted by molar-refractivity contribution is 5.88. The second kappa shape index (κ2) is 6.03. The summed E-state index contributed by atoms with van der Waals surface area (Å²) in [4.78, 5) is 22.2. The van der Waals surface area contributed by atoms with Gasteiger partial charge in [-0.3, -0.25) is 9.59 Å². The first-order valence-electron chi connectivity index (χ1n) is 5.63. The van der Waals surface area contributed by atoms with Crippen LogP contribution in [-0.4, -0.2) is 11.8 Å². The molecular weight excluding hydrogens is 216 g/mol. The van der Waals surface area contributed by atoms with E-state index in [1.165, 1.54) is 6.92 Å². The number of benzene rings is 1. The van der Waals surface area contributed by atoms with E-state index < -0.39 is 0 Å². The van der Waals surface area contributed by atoms with Crippen LogP contribution in [-0.2, 0) is 16.1 Å². The number of carbonyl (C=O) groups is 2. The summed E-state index contributed by atoms with van der Waals surface area (Å²) in [5.41, 5.74) is 1.77. The molecule has 0 atom stereocenters. The molecular formula is C13H22N2O2. The quantitative estimate of drug-likeness (QED) is 0.846. The second-order valence-electron chi connectivity index (χ2n) is 4.25. The third-order valence-corrected chi connectivity index (χ3v) is 2.27. The first kappa shape index (κ1) is 13.2. The minimum absolute atomic E-state index is 0. The van der Waals surface area contributed by atoms with Gasteiger partial charge in [-0.25, -0.2) is 0 Å². The average molecular weight is 238 g/mol. The second-order valence-corrected chi connectivity index (χ2v) is 4.25. The van der Waals surface area contributed by atoms with Crippen molar-refractivity contribution in [2.24, 2.45) is 5.92 Å². The molecule has 0 aromatic heterocycles. The van der Waals surface area contributed by atoms with Crippen LogP contribution in [0.4, 0.5) is 5.69 Å². The molecule has 0 saturated heterocycles. The normalized spacial score (nSPS) is 10.1.